The summed E-state index contributed by atoms with van der Waals surface area (Å²) >= 11 is 6.07. The quantitative estimate of drug-likeness (QED) is 0.443. The van der Waals surface area contributed by atoms with E-state index in [4.69, 9.17) is 11.6 Å². The number of fused-ring (bicyclic) bond motifs is 3. The number of nitro benzene ring substituents is 1. The van der Waals surface area contributed by atoms with Gasteiger partial charge in [-0.1, -0.05) is 17.7 Å². The molecule has 0 saturated carbocycles. The average molecular weight is 478 g/mol. The highest BCUT2D eigenvalue weighted by atomic mass is 35.5. The van der Waals surface area contributed by atoms with Crippen LogP contribution in [0.4, 0.5) is 17.1 Å². The Kier molecular flexibility index (Phi) is 6.06. The number of hydrogen-bond donors (Lipinski definition) is 1. The van der Waals surface area contributed by atoms with Gasteiger partial charge < -0.3 is 15.1 Å². The molecule has 1 aromatic heterocycles. The molecular formula is C25H24ClN5O3. The van der Waals surface area contributed by atoms with E-state index in [0.29, 0.717) is 31.1 Å². The molecule has 3 aromatic rings. The smallest absolute Gasteiger partial charge is 0.269 e. The second-order valence-electron chi connectivity index (χ2n) is 8.64. The lowest BCUT2D eigenvalue weighted by Gasteiger charge is -2.49. The first kappa shape index (κ1) is 22.2. The van der Waals surface area contributed by atoms with E-state index in [1.54, 1.807) is 24.5 Å². The lowest BCUT2D eigenvalue weighted by Crippen LogP contribution is -2.61. The Balaban J connectivity index is 1.43. The minimum atomic E-state index is -0.387. The number of carbonyl (C=O) groups excluding carboxylic acids is 1. The standard InChI is InChI=1S/C25H24ClN5O3/c26-19-3-5-20(6-4-19)29-10-11-30-23-8-7-21(31(33)34)12-18(23)13-22(24(30)16-29)25(32)28-15-17-2-1-9-27-14-17/h1-9,12,14,22,24H,10-11,13,15-16H2,(H,28,32)/t22-,24-/m0/s1. The number of rotatable bonds is 5. The Morgan fingerprint density at radius 3 is 2.74 bits per heavy atom. The molecule has 2 atom stereocenters. The van der Waals surface area contributed by atoms with Crippen molar-refractivity contribution in [2.45, 2.75) is 19.0 Å². The van der Waals surface area contributed by atoms with Gasteiger partial charge in [-0.25, -0.2) is 0 Å². The van der Waals surface area contributed by atoms with Crippen LogP contribution >= 0.6 is 11.6 Å². The summed E-state index contributed by atoms with van der Waals surface area (Å²) in [6.07, 6.45) is 3.88. The van der Waals surface area contributed by atoms with Gasteiger partial charge in [-0.05, 0) is 53.9 Å². The van der Waals surface area contributed by atoms with Crippen molar-refractivity contribution in [3.63, 3.8) is 0 Å². The maximum absolute atomic E-state index is 13.4. The largest absolute Gasteiger partial charge is 0.368 e. The molecule has 0 unspecified atom stereocenters. The molecular weight excluding hydrogens is 454 g/mol. The molecule has 0 aliphatic carbocycles. The Labute approximate surface area is 202 Å². The number of nitrogens with one attached hydrogen (secondary N) is 1. The average Bonchev–Trinajstić information content (AvgIpc) is 2.87. The number of piperazine rings is 1. The van der Waals surface area contributed by atoms with E-state index in [0.717, 1.165) is 29.0 Å². The van der Waals surface area contributed by atoms with Gasteiger partial charge in [0.25, 0.3) is 5.69 Å². The zero-order chi connectivity index (χ0) is 23.7. The topological polar surface area (TPSA) is 91.6 Å². The maximum Gasteiger partial charge on any atom is 0.269 e. The fourth-order valence-electron chi connectivity index (χ4n) is 4.93. The Hall–Kier alpha value is -3.65. The van der Waals surface area contributed by atoms with Gasteiger partial charge >= 0.3 is 0 Å². The lowest BCUT2D eigenvalue weighted by atomic mass is 9.83. The Bertz CT molecular complexity index is 1200. The van der Waals surface area contributed by atoms with Gasteiger partial charge in [0, 0.05) is 67.1 Å². The number of aromatic nitrogens is 1. The van der Waals surface area contributed by atoms with Gasteiger partial charge in [0.05, 0.1) is 16.9 Å². The first-order chi connectivity index (χ1) is 16.5. The summed E-state index contributed by atoms with van der Waals surface area (Å²) < 4.78 is 0. The van der Waals surface area contributed by atoms with E-state index >= 15 is 0 Å². The SMILES string of the molecule is O=C(NCc1cccnc1)[C@H]1Cc2cc([N+](=O)[O-])ccc2N2CCN(c3ccc(Cl)cc3)C[C@@H]12. The van der Waals surface area contributed by atoms with E-state index < -0.39 is 0 Å². The summed E-state index contributed by atoms with van der Waals surface area (Å²) in [5.74, 6) is -0.407. The van der Waals surface area contributed by atoms with Crippen LogP contribution in [0, 0.1) is 16.0 Å². The van der Waals surface area contributed by atoms with Crippen molar-refractivity contribution in [2.75, 3.05) is 29.4 Å². The number of halogens is 1. The highest BCUT2D eigenvalue weighted by molar-refractivity contribution is 6.30. The fourth-order valence-corrected chi connectivity index (χ4v) is 5.06. The van der Waals surface area contributed by atoms with E-state index in [-0.39, 0.29) is 28.5 Å². The van der Waals surface area contributed by atoms with Crippen LogP contribution in [0.3, 0.4) is 0 Å². The van der Waals surface area contributed by atoms with Crippen LogP contribution in [0.1, 0.15) is 11.1 Å². The van der Waals surface area contributed by atoms with Gasteiger partial charge in [0.15, 0.2) is 0 Å². The molecule has 2 aromatic carbocycles. The van der Waals surface area contributed by atoms with Gasteiger partial charge in [-0.2, -0.15) is 0 Å². The zero-order valence-corrected chi connectivity index (χ0v) is 19.2. The van der Waals surface area contributed by atoms with Gasteiger partial charge in [0.1, 0.15) is 0 Å². The van der Waals surface area contributed by atoms with Crippen LogP contribution in [0.15, 0.2) is 67.0 Å². The molecule has 174 valence electrons. The number of nitro groups is 1. The molecule has 1 amide bonds. The molecule has 3 heterocycles. The number of hydrogen-bond acceptors (Lipinski definition) is 6. The molecule has 2 aliphatic heterocycles. The van der Waals surface area contributed by atoms with Gasteiger partial charge in [-0.15, -0.1) is 0 Å². The van der Waals surface area contributed by atoms with Gasteiger partial charge in [-0.3, -0.25) is 19.9 Å². The number of benzene rings is 2. The molecule has 1 N–H and O–H groups in total. The second kappa shape index (κ2) is 9.30. The van der Waals surface area contributed by atoms with Crippen LogP contribution in [-0.4, -0.2) is 41.5 Å². The normalized spacial score (nSPS) is 19.2. The molecule has 0 spiro atoms. The Morgan fingerprint density at radius 1 is 1.18 bits per heavy atom. The van der Waals surface area contributed by atoms with Crippen LogP contribution in [-0.2, 0) is 17.8 Å². The third kappa shape index (κ3) is 4.41. The predicted molar refractivity (Wildman–Crippen MR) is 131 cm³/mol. The number of carbonyl (C=O) groups is 1. The first-order valence-corrected chi connectivity index (χ1v) is 11.6. The van der Waals surface area contributed by atoms with E-state index in [2.05, 4.69) is 20.1 Å². The first-order valence-electron chi connectivity index (χ1n) is 11.2. The van der Waals surface area contributed by atoms with Crippen molar-refractivity contribution < 1.29 is 9.72 Å². The minimum absolute atomic E-state index is 0.0477. The van der Waals surface area contributed by atoms with Crippen molar-refractivity contribution in [3.8, 4) is 0 Å². The third-order valence-electron chi connectivity index (χ3n) is 6.62. The number of non-ortho nitro benzene ring substituents is 1. The summed E-state index contributed by atoms with van der Waals surface area (Å²) in [6.45, 7) is 2.55. The molecule has 34 heavy (non-hydrogen) atoms. The summed E-state index contributed by atoms with van der Waals surface area (Å²) in [5.41, 5.74) is 3.85. The van der Waals surface area contributed by atoms with Crippen molar-refractivity contribution in [3.05, 3.63) is 93.3 Å². The number of anilines is 2. The Morgan fingerprint density at radius 2 is 2.00 bits per heavy atom. The summed E-state index contributed by atoms with van der Waals surface area (Å²) in [5, 5.41) is 15.1. The van der Waals surface area contributed by atoms with Crippen LogP contribution in [0.25, 0.3) is 0 Å². The number of amides is 1. The van der Waals surface area contributed by atoms with E-state index in [9.17, 15) is 14.9 Å². The number of pyridine rings is 1. The molecule has 9 heteroatoms. The summed E-state index contributed by atoms with van der Waals surface area (Å²) in [6, 6.07) is 16.4. The minimum Gasteiger partial charge on any atom is -0.368 e. The van der Waals surface area contributed by atoms with E-state index in [1.165, 1.54) is 0 Å². The number of nitrogens with zero attached hydrogens (tertiary/aromatic N) is 4. The maximum atomic E-state index is 13.4. The second-order valence-corrected chi connectivity index (χ2v) is 9.08. The van der Waals surface area contributed by atoms with Crippen LogP contribution in [0.2, 0.25) is 5.02 Å². The molecule has 1 fully saturated rings. The van der Waals surface area contributed by atoms with Crippen molar-refractivity contribution in [1.29, 1.82) is 0 Å². The summed E-state index contributed by atoms with van der Waals surface area (Å²) in [7, 11) is 0. The highest BCUT2D eigenvalue weighted by Crippen LogP contribution is 2.38. The lowest BCUT2D eigenvalue weighted by molar-refractivity contribution is -0.384. The third-order valence-corrected chi connectivity index (χ3v) is 6.88. The predicted octanol–water partition coefficient (Wildman–Crippen LogP) is 3.83. The molecule has 2 aliphatic rings. The van der Waals surface area contributed by atoms with Crippen molar-refractivity contribution in [2.24, 2.45) is 5.92 Å². The molecule has 0 bridgehead atoms. The molecule has 5 rings (SSSR count). The van der Waals surface area contributed by atoms with Crippen molar-refractivity contribution >= 4 is 34.6 Å². The molecule has 0 radical (unpaired) electrons. The fraction of sp³-hybridized carbons (Fsp3) is 0.280. The van der Waals surface area contributed by atoms with Gasteiger partial charge in [0.2, 0.25) is 5.91 Å². The molecule has 8 nitrogen and oxygen atoms in total. The zero-order valence-electron chi connectivity index (χ0n) is 18.4. The monoisotopic (exact) mass is 477 g/mol. The summed E-state index contributed by atoms with van der Waals surface area (Å²) in [4.78, 5) is 33.0. The van der Waals surface area contributed by atoms with E-state index in [1.807, 2.05) is 42.5 Å². The van der Waals surface area contributed by atoms with Crippen LogP contribution in [0.5, 0.6) is 0 Å². The van der Waals surface area contributed by atoms with Crippen molar-refractivity contribution in [1.82, 2.24) is 10.3 Å². The molecule has 1 saturated heterocycles. The van der Waals surface area contributed by atoms with Crippen LogP contribution < -0.4 is 15.1 Å². The highest BCUT2D eigenvalue weighted by Gasteiger charge is 2.42.